The van der Waals surface area contributed by atoms with Gasteiger partial charge in [0.2, 0.25) is 5.91 Å². The first-order valence-electron chi connectivity index (χ1n) is 10.7. The molecule has 4 rings (SSSR count). The molecule has 0 radical (unpaired) electrons. The molecule has 0 aliphatic carbocycles. The first-order chi connectivity index (χ1) is 16.4. The molecule has 0 bridgehead atoms. The number of hydrogen-bond acceptors (Lipinski definition) is 3. The quantitative estimate of drug-likeness (QED) is 0.409. The van der Waals surface area contributed by atoms with E-state index in [2.05, 4.69) is 10.2 Å². The van der Waals surface area contributed by atoms with E-state index in [1.807, 2.05) is 47.4 Å². The summed E-state index contributed by atoms with van der Waals surface area (Å²) in [4.78, 5) is 29.0. The fourth-order valence-electron chi connectivity index (χ4n) is 3.74. The van der Waals surface area contributed by atoms with Gasteiger partial charge in [0.15, 0.2) is 0 Å². The van der Waals surface area contributed by atoms with Crippen LogP contribution in [0.1, 0.15) is 15.9 Å². The summed E-state index contributed by atoms with van der Waals surface area (Å²) in [6, 6.07) is 19.8. The number of nitrogens with one attached hydrogen (secondary N) is 1. The van der Waals surface area contributed by atoms with E-state index in [4.69, 9.17) is 34.8 Å². The maximum atomic E-state index is 12.7. The normalized spacial score (nSPS) is 13.9. The van der Waals surface area contributed by atoms with Gasteiger partial charge in [0.25, 0.3) is 5.91 Å². The number of piperazine rings is 1. The highest BCUT2D eigenvalue weighted by molar-refractivity contribution is 6.35. The fourth-order valence-corrected chi connectivity index (χ4v) is 4.51. The number of hydrogen-bond donors (Lipinski definition) is 1. The van der Waals surface area contributed by atoms with Crippen molar-refractivity contribution in [3.63, 3.8) is 0 Å². The summed E-state index contributed by atoms with van der Waals surface area (Å²) in [6.07, 6.45) is 3.03. The Morgan fingerprint density at radius 3 is 2.24 bits per heavy atom. The summed E-state index contributed by atoms with van der Waals surface area (Å²) < 4.78 is 0. The van der Waals surface area contributed by atoms with Crippen molar-refractivity contribution in [3.05, 3.63) is 99.0 Å². The topological polar surface area (TPSA) is 52.7 Å². The lowest BCUT2D eigenvalue weighted by molar-refractivity contribution is -0.111. The summed E-state index contributed by atoms with van der Waals surface area (Å²) in [6.45, 7) is 2.57. The monoisotopic (exact) mass is 513 g/mol. The van der Waals surface area contributed by atoms with Crippen LogP contribution in [0.25, 0.3) is 6.08 Å². The van der Waals surface area contributed by atoms with Gasteiger partial charge < -0.3 is 15.1 Å². The van der Waals surface area contributed by atoms with Crippen molar-refractivity contribution >= 4 is 64.1 Å². The van der Waals surface area contributed by atoms with Gasteiger partial charge in [0.05, 0.1) is 10.7 Å². The van der Waals surface area contributed by atoms with Gasteiger partial charge in [-0.3, -0.25) is 9.59 Å². The van der Waals surface area contributed by atoms with Crippen LogP contribution in [-0.2, 0) is 4.79 Å². The van der Waals surface area contributed by atoms with Crippen LogP contribution in [-0.4, -0.2) is 42.9 Å². The molecule has 1 saturated heterocycles. The second-order valence-electron chi connectivity index (χ2n) is 7.80. The first-order valence-corrected chi connectivity index (χ1v) is 11.9. The van der Waals surface area contributed by atoms with Crippen LogP contribution in [0.2, 0.25) is 15.1 Å². The fraction of sp³-hybridized carbons (Fsp3) is 0.154. The lowest BCUT2D eigenvalue weighted by atomic mass is 10.1. The highest BCUT2D eigenvalue weighted by Gasteiger charge is 2.23. The van der Waals surface area contributed by atoms with Crippen LogP contribution in [0.3, 0.4) is 0 Å². The zero-order valence-corrected chi connectivity index (χ0v) is 20.4. The summed E-state index contributed by atoms with van der Waals surface area (Å²) in [5.74, 6) is -0.264. The molecule has 0 spiro atoms. The van der Waals surface area contributed by atoms with E-state index in [0.717, 1.165) is 5.69 Å². The first kappa shape index (κ1) is 24.1. The van der Waals surface area contributed by atoms with Gasteiger partial charge in [-0.25, -0.2) is 0 Å². The van der Waals surface area contributed by atoms with E-state index in [9.17, 15) is 9.59 Å². The van der Waals surface area contributed by atoms with Crippen molar-refractivity contribution in [1.82, 2.24) is 4.90 Å². The zero-order chi connectivity index (χ0) is 24.1. The van der Waals surface area contributed by atoms with Gasteiger partial charge >= 0.3 is 0 Å². The molecule has 3 aromatic carbocycles. The number of carbonyl (C=O) groups excluding carboxylic acids is 2. The molecule has 2 amide bonds. The molecule has 34 heavy (non-hydrogen) atoms. The van der Waals surface area contributed by atoms with Crippen LogP contribution in [0.15, 0.2) is 72.8 Å². The molecule has 1 fully saturated rings. The van der Waals surface area contributed by atoms with Crippen molar-refractivity contribution in [1.29, 1.82) is 0 Å². The number of rotatable bonds is 5. The summed E-state index contributed by atoms with van der Waals surface area (Å²) in [7, 11) is 0. The SMILES string of the molecule is O=C(/C=C/c1ccc(Cl)cc1Cl)Nc1ccc(N2CCN(C(=O)c3ccccc3)CC2)c(Cl)c1. The molecule has 0 atom stereocenters. The molecule has 0 aromatic heterocycles. The Kier molecular flexibility index (Phi) is 7.78. The van der Waals surface area contributed by atoms with E-state index in [-0.39, 0.29) is 11.8 Å². The highest BCUT2D eigenvalue weighted by Crippen LogP contribution is 2.30. The predicted molar refractivity (Wildman–Crippen MR) is 140 cm³/mol. The van der Waals surface area contributed by atoms with E-state index < -0.39 is 0 Å². The molecule has 174 valence electrons. The van der Waals surface area contributed by atoms with Crippen molar-refractivity contribution < 1.29 is 9.59 Å². The predicted octanol–water partition coefficient (Wildman–Crippen LogP) is 6.26. The average molecular weight is 515 g/mol. The van der Waals surface area contributed by atoms with Crippen molar-refractivity contribution in [2.45, 2.75) is 0 Å². The maximum Gasteiger partial charge on any atom is 0.253 e. The second kappa shape index (κ2) is 11.0. The standard InChI is InChI=1S/C26H22Cl3N3O2/c27-20-8-6-18(22(28)16-20)7-11-25(33)30-21-9-10-24(23(29)17-21)31-12-14-32(15-13-31)26(34)19-4-2-1-3-5-19/h1-11,16-17H,12-15H2,(H,30,33)/b11-7+. The number of nitrogens with zero attached hydrogens (tertiary/aromatic N) is 2. The molecule has 8 heteroatoms. The molecular formula is C26H22Cl3N3O2. The van der Waals surface area contributed by atoms with Crippen LogP contribution in [0.5, 0.6) is 0 Å². The van der Waals surface area contributed by atoms with Crippen LogP contribution < -0.4 is 10.2 Å². The maximum absolute atomic E-state index is 12.7. The third-order valence-electron chi connectivity index (χ3n) is 5.52. The van der Waals surface area contributed by atoms with Gasteiger partial charge in [-0.2, -0.15) is 0 Å². The number of amides is 2. The number of halogens is 3. The average Bonchev–Trinajstić information content (AvgIpc) is 2.84. The van der Waals surface area contributed by atoms with Gasteiger partial charge in [0.1, 0.15) is 0 Å². The molecule has 1 N–H and O–H groups in total. The van der Waals surface area contributed by atoms with E-state index in [1.165, 1.54) is 6.08 Å². The lowest BCUT2D eigenvalue weighted by Crippen LogP contribution is -2.48. The zero-order valence-electron chi connectivity index (χ0n) is 18.2. The van der Waals surface area contributed by atoms with Gasteiger partial charge in [0, 0.05) is 53.6 Å². The molecule has 0 unspecified atom stereocenters. The number of carbonyl (C=O) groups is 2. The van der Waals surface area contributed by atoms with Gasteiger partial charge in [-0.15, -0.1) is 0 Å². The van der Waals surface area contributed by atoms with Crippen LogP contribution >= 0.6 is 34.8 Å². The molecule has 0 saturated carbocycles. The Bertz CT molecular complexity index is 1220. The minimum Gasteiger partial charge on any atom is -0.367 e. The van der Waals surface area contributed by atoms with E-state index in [0.29, 0.717) is 58.1 Å². The third kappa shape index (κ3) is 5.92. The second-order valence-corrected chi connectivity index (χ2v) is 9.05. The molecule has 5 nitrogen and oxygen atoms in total. The van der Waals surface area contributed by atoms with Gasteiger partial charge in [-0.1, -0.05) is 59.1 Å². The summed E-state index contributed by atoms with van der Waals surface area (Å²) in [5.41, 5.74) is 2.85. The minimum atomic E-state index is -0.303. The number of anilines is 2. The smallest absolute Gasteiger partial charge is 0.253 e. The van der Waals surface area contributed by atoms with Crippen molar-refractivity contribution in [2.75, 3.05) is 36.4 Å². The molecule has 3 aromatic rings. The van der Waals surface area contributed by atoms with Crippen molar-refractivity contribution in [3.8, 4) is 0 Å². The molecular weight excluding hydrogens is 493 g/mol. The van der Waals surface area contributed by atoms with E-state index >= 15 is 0 Å². The Labute approximate surface area is 213 Å². The summed E-state index contributed by atoms with van der Waals surface area (Å²) in [5, 5.41) is 4.34. The highest BCUT2D eigenvalue weighted by atomic mass is 35.5. The van der Waals surface area contributed by atoms with Gasteiger partial charge in [-0.05, 0) is 54.1 Å². The molecule has 1 aliphatic rings. The Balaban J connectivity index is 1.34. The third-order valence-corrected chi connectivity index (χ3v) is 6.39. The molecule has 1 aliphatic heterocycles. The summed E-state index contributed by atoms with van der Waals surface area (Å²) >= 11 is 18.6. The molecule has 1 heterocycles. The Morgan fingerprint density at radius 2 is 1.56 bits per heavy atom. The van der Waals surface area contributed by atoms with Crippen molar-refractivity contribution in [2.24, 2.45) is 0 Å². The van der Waals surface area contributed by atoms with Crippen LogP contribution in [0, 0.1) is 0 Å². The lowest BCUT2D eigenvalue weighted by Gasteiger charge is -2.36. The van der Waals surface area contributed by atoms with Crippen LogP contribution in [0.4, 0.5) is 11.4 Å². The van der Waals surface area contributed by atoms with E-state index in [1.54, 1.807) is 30.3 Å². The number of benzene rings is 3. The minimum absolute atomic E-state index is 0.0392. The Morgan fingerprint density at radius 1 is 0.824 bits per heavy atom. The Hall–Kier alpha value is -2.99. The largest absolute Gasteiger partial charge is 0.367 e.